The lowest BCUT2D eigenvalue weighted by Gasteiger charge is -2.32. The van der Waals surface area contributed by atoms with Gasteiger partial charge in [-0.25, -0.2) is 23.5 Å². The van der Waals surface area contributed by atoms with Gasteiger partial charge in [-0.2, -0.15) is 0 Å². The highest BCUT2D eigenvalue weighted by Crippen LogP contribution is 2.21. The van der Waals surface area contributed by atoms with Gasteiger partial charge in [0.05, 0.1) is 4.90 Å². The molecule has 0 unspecified atom stereocenters. The average Bonchev–Trinajstić information content (AvgIpc) is 2.66. The van der Waals surface area contributed by atoms with Crippen LogP contribution in [-0.2, 0) is 23.0 Å². The molecule has 0 radical (unpaired) electrons. The van der Waals surface area contributed by atoms with E-state index in [9.17, 15) is 8.42 Å². The van der Waals surface area contributed by atoms with Crippen molar-refractivity contribution in [2.75, 3.05) is 43.4 Å². The Morgan fingerprint density at radius 1 is 1.15 bits per heavy atom. The van der Waals surface area contributed by atoms with Crippen LogP contribution >= 0.6 is 0 Å². The van der Waals surface area contributed by atoms with E-state index >= 15 is 0 Å². The Kier molecular flexibility index (Phi) is 5.93. The molecule has 3 rings (SSSR count). The molecule has 1 saturated heterocycles. The maximum Gasteiger partial charge on any atom is 0.238 e. The molecule has 3 N–H and O–H groups in total. The summed E-state index contributed by atoms with van der Waals surface area (Å²) in [6.45, 7) is 6.26. The first-order valence-electron chi connectivity index (χ1n) is 9.01. The number of hydrogen-bond acceptors (Lipinski definition) is 7. The summed E-state index contributed by atoms with van der Waals surface area (Å²) in [7, 11) is -1.63. The van der Waals surface area contributed by atoms with Crippen LogP contribution in [-0.4, -0.2) is 56.5 Å². The molecule has 0 atom stereocenters. The number of aromatic nitrogens is 2. The van der Waals surface area contributed by atoms with Crippen molar-refractivity contribution < 1.29 is 8.42 Å². The summed E-state index contributed by atoms with van der Waals surface area (Å²) in [5.41, 5.74) is 2.33. The number of hydrogen-bond donors (Lipinski definition) is 2. The highest BCUT2D eigenvalue weighted by atomic mass is 32.2. The van der Waals surface area contributed by atoms with Crippen molar-refractivity contribution in [3.63, 3.8) is 0 Å². The Morgan fingerprint density at radius 3 is 2.41 bits per heavy atom. The number of piperazine rings is 1. The minimum absolute atomic E-state index is 0.164. The van der Waals surface area contributed by atoms with Gasteiger partial charge in [-0.1, -0.05) is 13.0 Å². The third-order valence-corrected chi connectivity index (χ3v) is 5.72. The lowest BCUT2D eigenvalue weighted by Crippen LogP contribution is -2.45. The number of aryl methyl sites for hydroxylation is 1. The van der Waals surface area contributed by atoms with E-state index in [1.807, 2.05) is 13.0 Å². The van der Waals surface area contributed by atoms with Crippen LogP contribution in [0.3, 0.4) is 0 Å². The van der Waals surface area contributed by atoms with E-state index in [-0.39, 0.29) is 4.90 Å². The Bertz CT molecular complexity index is 877. The van der Waals surface area contributed by atoms with Crippen LogP contribution in [0.4, 0.5) is 11.6 Å². The SMILES string of the molecule is CCc1ccc(NCc2cnc(N3CCN(C)CC3)nc2)cc1S(N)(=O)=O. The number of nitrogens with one attached hydrogen (secondary N) is 1. The summed E-state index contributed by atoms with van der Waals surface area (Å²) < 4.78 is 23.5. The molecule has 9 heteroatoms. The number of sulfonamides is 1. The fourth-order valence-electron chi connectivity index (χ4n) is 3.03. The maximum atomic E-state index is 11.8. The second-order valence-electron chi connectivity index (χ2n) is 6.76. The highest BCUT2D eigenvalue weighted by Gasteiger charge is 2.16. The molecule has 1 aliphatic heterocycles. The van der Waals surface area contributed by atoms with Gasteiger partial charge in [-0.15, -0.1) is 0 Å². The van der Waals surface area contributed by atoms with Crippen LogP contribution in [0.2, 0.25) is 0 Å². The quantitative estimate of drug-likeness (QED) is 0.760. The zero-order chi connectivity index (χ0) is 19.4. The largest absolute Gasteiger partial charge is 0.381 e. The summed E-state index contributed by atoms with van der Waals surface area (Å²) >= 11 is 0. The molecule has 1 aromatic heterocycles. The third-order valence-electron chi connectivity index (χ3n) is 4.73. The summed E-state index contributed by atoms with van der Waals surface area (Å²) in [4.78, 5) is 13.6. The van der Waals surface area contributed by atoms with E-state index in [2.05, 4.69) is 32.1 Å². The minimum atomic E-state index is -3.75. The molecular weight excluding hydrogens is 364 g/mol. The molecule has 0 amide bonds. The Balaban J connectivity index is 1.65. The van der Waals surface area contributed by atoms with Crippen LogP contribution in [0.25, 0.3) is 0 Å². The third kappa shape index (κ3) is 4.94. The second-order valence-corrected chi connectivity index (χ2v) is 8.29. The summed E-state index contributed by atoms with van der Waals surface area (Å²) in [6.07, 6.45) is 4.21. The summed E-state index contributed by atoms with van der Waals surface area (Å²) in [5, 5.41) is 8.53. The standard InChI is InChI=1S/C18H26N6O2S/c1-3-15-4-5-16(10-17(15)27(19,25)26)20-11-14-12-21-18(22-13-14)24-8-6-23(2)7-9-24/h4-5,10,12-13,20H,3,6-9,11H2,1-2H3,(H2,19,25,26). The van der Waals surface area contributed by atoms with E-state index in [0.29, 0.717) is 24.2 Å². The number of nitrogens with two attached hydrogens (primary N) is 1. The smallest absolute Gasteiger partial charge is 0.238 e. The maximum absolute atomic E-state index is 11.8. The lowest BCUT2D eigenvalue weighted by atomic mass is 10.1. The predicted molar refractivity (Wildman–Crippen MR) is 106 cm³/mol. The molecular formula is C18H26N6O2S. The van der Waals surface area contributed by atoms with E-state index in [1.165, 1.54) is 0 Å². The summed E-state index contributed by atoms with van der Waals surface area (Å²) in [5.74, 6) is 0.746. The molecule has 27 heavy (non-hydrogen) atoms. The second kappa shape index (κ2) is 8.20. The molecule has 0 bridgehead atoms. The van der Waals surface area contributed by atoms with Crippen LogP contribution < -0.4 is 15.4 Å². The van der Waals surface area contributed by atoms with Crippen molar-refractivity contribution in [2.24, 2.45) is 5.14 Å². The fourth-order valence-corrected chi connectivity index (χ4v) is 3.90. The van der Waals surface area contributed by atoms with Crippen molar-refractivity contribution >= 4 is 21.7 Å². The normalized spacial score (nSPS) is 15.7. The number of rotatable bonds is 6. The first kappa shape index (κ1) is 19.5. The topological polar surface area (TPSA) is 104 Å². The van der Waals surface area contributed by atoms with E-state index in [4.69, 9.17) is 5.14 Å². The zero-order valence-corrected chi connectivity index (χ0v) is 16.5. The van der Waals surface area contributed by atoms with Crippen LogP contribution in [0, 0.1) is 0 Å². The number of likely N-dealkylation sites (N-methyl/N-ethyl adjacent to an activating group) is 1. The molecule has 0 saturated carbocycles. The minimum Gasteiger partial charge on any atom is -0.381 e. The van der Waals surface area contributed by atoms with E-state index < -0.39 is 10.0 Å². The van der Waals surface area contributed by atoms with Gasteiger partial charge >= 0.3 is 0 Å². The summed E-state index contributed by atoms with van der Waals surface area (Å²) in [6, 6.07) is 5.22. The monoisotopic (exact) mass is 390 g/mol. The van der Waals surface area contributed by atoms with Crippen LogP contribution in [0.1, 0.15) is 18.1 Å². The first-order valence-corrected chi connectivity index (χ1v) is 10.6. The first-order chi connectivity index (χ1) is 12.9. The Labute approximate surface area is 160 Å². The van der Waals surface area contributed by atoms with Gasteiger partial charge < -0.3 is 15.1 Å². The molecule has 1 fully saturated rings. The predicted octanol–water partition coefficient (Wildman–Crippen LogP) is 1.05. The van der Waals surface area contributed by atoms with Crippen molar-refractivity contribution in [1.82, 2.24) is 14.9 Å². The van der Waals surface area contributed by atoms with Gasteiger partial charge in [0.25, 0.3) is 0 Å². The number of nitrogens with zero attached hydrogens (tertiary/aromatic N) is 4. The zero-order valence-electron chi connectivity index (χ0n) is 15.7. The average molecular weight is 391 g/mol. The number of anilines is 2. The fraction of sp³-hybridized carbons (Fsp3) is 0.444. The van der Waals surface area contributed by atoms with Crippen molar-refractivity contribution in [1.29, 1.82) is 0 Å². The molecule has 0 spiro atoms. The van der Waals surface area contributed by atoms with Gasteiger partial charge in [0, 0.05) is 56.4 Å². The van der Waals surface area contributed by atoms with Gasteiger partial charge in [0.1, 0.15) is 0 Å². The molecule has 146 valence electrons. The molecule has 1 aromatic carbocycles. The molecule has 2 aromatic rings. The van der Waals surface area contributed by atoms with Gasteiger partial charge in [-0.05, 0) is 31.2 Å². The van der Waals surface area contributed by atoms with Crippen molar-refractivity contribution in [3.8, 4) is 0 Å². The Hall–Kier alpha value is -2.23. The number of primary sulfonamides is 1. The van der Waals surface area contributed by atoms with Gasteiger partial charge in [-0.3, -0.25) is 0 Å². The Morgan fingerprint density at radius 2 is 1.81 bits per heavy atom. The van der Waals surface area contributed by atoms with Crippen molar-refractivity contribution in [2.45, 2.75) is 24.8 Å². The van der Waals surface area contributed by atoms with E-state index in [0.717, 1.165) is 37.7 Å². The highest BCUT2D eigenvalue weighted by molar-refractivity contribution is 7.89. The van der Waals surface area contributed by atoms with Gasteiger partial charge in [0.15, 0.2) is 0 Å². The van der Waals surface area contributed by atoms with E-state index in [1.54, 1.807) is 24.5 Å². The lowest BCUT2D eigenvalue weighted by molar-refractivity contribution is 0.311. The molecule has 2 heterocycles. The van der Waals surface area contributed by atoms with Crippen LogP contribution in [0.15, 0.2) is 35.5 Å². The number of benzene rings is 1. The van der Waals surface area contributed by atoms with Crippen LogP contribution in [0.5, 0.6) is 0 Å². The van der Waals surface area contributed by atoms with Gasteiger partial charge in [0.2, 0.25) is 16.0 Å². The van der Waals surface area contributed by atoms with Crippen molar-refractivity contribution in [3.05, 3.63) is 41.7 Å². The molecule has 1 aliphatic rings. The molecule has 8 nitrogen and oxygen atoms in total. The molecule has 0 aliphatic carbocycles.